The van der Waals surface area contributed by atoms with Crippen molar-refractivity contribution >= 4 is 37.9 Å². The van der Waals surface area contributed by atoms with Crippen LogP contribution in [0.25, 0.3) is 0 Å². The minimum Gasteiger partial charge on any atom is -0.463 e. The summed E-state index contributed by atoms with van der Waals surface area (Å²) < 4.78 is 23.1. The molecular weight excluding hydrogens is 444 g/mol. The molecule has 0 aromatic rings. The number of carbonyl (C=O) groups is 2. The summed E-state index contributed by atoms with van der Waals surface area (Å²) >= 11 is 0. The predicted molar refractivity (Wildman–Crippen MR) is 134 cm³/mol. The highest BCUT2D eigenvalue weighted by Gasteiger charge is 2.32. The molecule has 1 atom stereocenters. The van der Waals surface area contributed by atoms with E-state index in [0.717, 1.165) is 25.0 Å². The second-order valence-corrected chi connectivity index (χ2v) is 22.2. The standard InChI is InChI=1S/C22H46O6Si3/c1-9-10-11-12-13-14-18-25-21(23)15-16-22(24)26-19-17-20(2)29(27-30(3,4)5)28-31(6,7)8/h15-16,20,29H,9-14,17-19H2,1-8H3. The van der Waals surface area contributed by atoms with Crippen LogP contribution in [0.15, 0.2) is 12.2 Å². The molecule has 0 aromatic carbocycles. The predicted octanol–water partition coefficient (Wildman–Crippen LogP) is 5.69. The maximum absolute atomic E-state index is 11.9. The molecule has 0 amide bonds. The van der Waals surface area contributed by atoms with Crippen molar-refractivity contribution in [2.75, 3.05) is 13.2 Å². The van der Waals surface area contributed by atoms with Crippen LogP contribution in [0, 0.1) is 0 Å². The van der Waals surface area contributed by atoms with Crippen LogP contribution in [-0.2, 0) is 27.3 Å². The first-order valence-electron chi connectivity index (χ1n) is 11.7. The van der Waals surface area contributed by atoms with Crippen LogP contribution in [0.4, 0.5) is 0 Å². The molecule has 0 aliphatic carbocycles. The van der Waals surface area contributed by atoms with Crippen molar-refractivity contribution in [3.63, 3.8) is 0 Å². The van der Waals surface area contributed by atoms with E-state index in [9.17, 15) is 9.59 Å². The van der Waals surface area contributed by atoms with E-state index in [2.05, 4.69) is 53.1 Å². The highest BCUT2D eigenvalue weighted by atomic mass is 28.4. The van der Waals surface area contributed by atoms with E-state index in [-0.39, 0.29) is 12.1 Å². The van der Waals surface area contributed by atoms with E-state index in [1.165, 1.54) is 25.7 Å². The van der Waals surface area contributed by atoms with Crippen molar-refractivity contribution in [3.05, 3.63) is 12.2 Å². The van der Waals surface area contributed by atoms with Gasteiger partial charge < -0.3 is 17.7 Å². The van der Waals surface area contributed by atoms with Crippen molar-refractivity contribution in [1.29, 1.82) is 0 Å². The fourth-order valence-electron chi connectivity index (χ4n) is 2.72. The number of hydrogen-bond acceptors (Lipinski definition) is 6. The Balaban J connectivity index is 4.21. The highest BCUT2D eigenvalue weighted by molar-refractivity contribution is 6.81. The molecule has 0 fully saturated rings. The normalized spacial score (nSPS) is 13.6. The second-order valence-electron chi connectivity index (χ2n) is 10.0. The third-order valence-corrected chi connectivity index (χ3v) is 13.1. The fourth-order valence-corrected chi connectivity index (χ4v) is 11.2. The van der Waals surface area contributed by atoms with Crippen LogP contribution >= 0.6 is 0 Å². The van der Waals surface area contributed by atoms with Crippen LogP contribution in [-0.4, -0.2) is 51.1 Å². The minimum absolute atomic E-state index is 0.234. The van der Waals surface area contributed by atoms with E-state index in [1.54, 1.807) is 0 Å². The average molecular weight is 491 g/mol. The molecule has 0 rings (SSSR count). The number of unbranched alkanes of at least 4 members (excludes halogenated alkanes) is 5. The minimum atomic E-state index is -1.86. The van der Waals surface area contributed by atoms with E-state index < -0.39 is 37.9 Å². The molecule has 1 unspecified atom stereocenters. The Labute approximate surface area is 194 Å². The first kappa shape index (κ1) is 30.3. The van der Waals surface area contributed by atoms with Gasteiger partial charge in [-0.15, -0.1) is 0 Å². The number of esters is 2. The lowest BCUT2D eigenvalue weighted by molar-refractivity contribution is -0.140. The van der Waals surface area contributed by atoms with Gasteiger partial charge in [0.05, 0.1) is 13.2 Å². The molecule has 0 radical (unpaired) electrons. The monoisotopic (exact) mass is 490 g/mol. The molecule has 0 aromatic heterocycles. The fraction of sp³-hybridized carbons (Fsp3) is 0.818. The molecule has 0 aliphatic rings. The Kier molecular flexibility index (Phi) is 15.6. The number of ether oxygens (including phenoxy) is 2. The Morgan fingerprint density at radius 2 is 1.23 bits per heavy atom. The van der Waals surface area contributed by atoms with Crippen LogP contribution in [0.3, 0.4) is 0 Å². The summed E-state index contributed by atoms with van der Waals surface area (Å²) in [6.45, 7) is 18.0. The summed E-state index contributed by atoms with van der Waals surface area (Å²) in [5.74, 6) is -1.03. The first-order chi connectivity index (χ1) is 14.3. The molecule has 0 heterocycles. The van der Waals surface area contributed by atoms with Crippen molar-refractivity contribution in [1.82, 2.24) is 0 Å². The van der Waals surface area contributed by atoms with Gasteiger partial charge in [0.1, 0.15) is 0 Å². The lowest BCUT2D eigenvalue weighted by Crippen LogP contribution is -2.45. The Morgan fingerprint density at radius 1 is 0.774 bits per heavy atom. The Bertz CT molecular complexity index is 524. The second kappa shape index (κ2) is 16.0. The topological polar surface area (TPSA) is 71.1 Å². The molecule has 31 heavy (non-hydrogen) atoms. The number of rotatable bonds is 17. The van der Waals surface area contributed by atoms with Gasteiger partial charge in [-0.1, -0.05) is 46.0 Å². The van der Waals surface area contributed by atoms with Crippen LogP contribution in [0.1, 0.15) is 58.8 Å². The average Bonchev–Trinajstić information content (AvgIpc) is 2.62. The smallest absolute Gasteiger partial charge is 0.331 e. The van der Waals surface area contributed by atoms with Crippen LogP contribution in [0.5, 0.6) is 0 Å². The number of carbonyl (C=O) groups excluding carboxylic acids is 2. The summed E-state index contributed by atoms with van der Waals surface area (Å²) in [6.07, 6.45) is 9.75. The molecule has 0 saturated heterocycles. The van der Waals surface area contributed by atoms with Crippen molar-refractivity contribution in [2.24, 2.45) is 0 Å². The summed E-state index contributed by atoms with van der Waals surface area (Å²) in [6, 6.07) is 0. The molecule has 0 saturated carbocycles. The van der Waals surface area contributed by atoms with Gasteiger partial charge >= 0.3 is 21.2 Å². The zero-order valence-electron chi connectivity index (χ0n) is 21.1. The van der Waals surface area contributed by atoms with E-state index in [0.29, 0.717) is 13.0 Å². The Morgan fingerprint density at radius 3 is 1.71 bits per heavy atom. The molecule has 0 N–H and O–H groups in total. The lowest BCUT2D eigenvalue weighted by atomic mass is 10.1. The quantitative estimate of drug-likeness (QED) is 0.113. The van der Waals surface area contributed by atoms with Crippen molar-refractivity contribution < 1.29 is 27.3 Å². The van der Waals surface area contributed by atoms with Crippen LogP contribution < -0.4 is 0 Å². The van der Waals surface area contributed by atoms with Crippen molar-refractivity contribution in [3.8, 4) is 0 Å². The zero-order valence-corrected chi connectivity index (χ0v) is 24.3. The largest absolute Gasteiger partial charge is 0.463 e. The SMILES string of the molecule is CCCCCCCCOC(=O)C=CC(=O)OCCC(C)[SiH](O[Si](C)(C)C)O[Si](C)(C)C. The van der Waals surface area contributed by atoms with Gasteiger partial charge in [0, 0.05) is 12.2 Å². The van der Waals surface area contributed by atoms with Gasteiger partial charge in [0.15, 0.2) is 16.6 Å². The molecule has 0 aliphatic heterocycles. The van der Waals surface area contributed by atoms with Gasteiger partial charge in [-0.05, 0) is 57.7 Å². The van der Waals surface area contributed by atoms with Gasteiger partial charge in [-0.2, -0.15) is 0 Å². The van der Waals surface area contributed by atoms with Crippen molar-refractivity contribution in [2.45, 2.75) is 104 Å². The van der Waals surface area contributed by atoms with Crippen LogP contribution in [0.2, 0.25) is 44.8 Å². The Hall–Kier alpha value is -0.749. The maximum Gasteiger partial charge on any atom is 0.331 e. The van der Waals surface area contributed by atoms with E-state index in [4.69, 9.17) is 17.7 Å². The molecule has 0 spiro atoms. The molecule has 6 nitrogen and oxygen atoms in total. The lowest BCUT2D eigenvalue weighted by Gasteiger charge is -2.33. The maximum atomic E-state index is 11.9. The summed E-state index contributed by atoms with van der Waals surface area (Å²) in [4.78, 5) is 23.6. The van der Waals surface area contributed by atoms with Gasteiger partial charge in [-0.3, -0.25) is 0 Å². The third kappa shape index (κ3) is 19.6. The molecule has 9 heteroatoms. The first-order valence-corrected chi connectivity index (χ1v) is 20.1. The van der Waals surface area contributed by atoms with Gasteiger partial charge in [0.25, 0.3) is 0 Å². The summed E-state index contributed by atoms with van der Waals surface area (Å²) in [5, 5.41) is 0. The summed E-state index contributed by atoms with van der Waals surface area (Å²) in [7, 11) is -5.27. The molecule has 0 bridgehead atoms. The van der Waals surface area contributed by atoms with Gasteiger partial charge in [-0.25, -0.2) is 9.59 Å². The highest BCUT2D eigenvalue weighted by Crippen LogP contribution is 2.23. The van der Waals surface area contributed by atoms with E-state index >= 15 is 0 Å². The third-order valence-electron chi connectivity index (χ3n) is 4.32. The number of hydrogen-bond donors (Lipinski definition) is 0. The molecule has 182 valence electrons. The summed E-state index contributed by atoms with van der Waals surface area (Å²) in [5.41, 5.74) is 0.234. The van der Waals surface area contributed by atoms with E-state index in [1.807, 2.05) is 0 Å². The van der Waals surface area contributed by atoms with Gasteiger partial charge in [0.2, 0.25) is 0 Å². The zero-order chi connectivity index (χ0) is 23.9. The molecular formula is C22H46O6Si3.